The normalized spacial score (nSPS) is 11.4. The molecule has 0 amide bonds. The third-order valence-corrected chi connectivity index (χ3v) is 6.99. The molecule has 3 aromatic carbocycles. The van der Waals surface area contributed by atoms with Crippen LogP contribution in [0.4, 0.5) is 4.39 Å². The van der Waals surface area contributed by atoms with Crippen LogP contribution in [0, 0.1) is 19.7 Å². The molecule has 5 aromatic rings. The summed E-state index contributed by atoms with van der Waals surface area (Å²) in [6, 6.07) is 24.9. The van der Waals surface area contributed by atoms with E-state index < -0.39 is 11.7 Å². The van der Waals surface area contributed by atoms with Gasteiger partial charge >= 0.3 is 0 Å². The summed E-state index contributed by atoms with van der Waals surface area (Å²) in [6.45, 7) is 3.66. The van der Waals surface area contributed by atoms with Crippen molar-refractivity contribution in [1.82, 2.24) is 18.7 Å². The fraction of sp³-hybridized carbons (Fsp3) is 0.172. The zero-order valence-electron chi connectivity index (χ0n) is 20.6. The zero-order chi connectivity index (χ0) is 25.6. The first kappa shape index (κ1) is 23.4. The van der Waals surface area contributed by atoms with Crippen LogP contribution in [0.1, 0.15) is 34.0 Å². The fourth-order valence-electron chi connectivity index (χ4n) is 5.01. The van der Waals surface area contributed by atoms with E-state index in [4.69, 9.17) is 0 Å². The van der Waals surface area contributed by atoms with Crippen molar-refractivity contribution >= 4 is 0 Å². The highest BCUT2D eigenvalue weighted by atomic mass is 19.1. The molecule has 2 aromatic heterocycles. The Kier molecular flexibility index (Phi) is 5.84. The average Bonchev–Trinajstić information content (AvgIpc) is 3.24. The van der Waals surface area contributed by atoms with E-state index >= 15 is 4.39 Å². The van der Waals surface area contributed by atoms with Crippen LogP contribution in [0.2, 0.25) is 0 Å². The number of aromatic nitrogens is 4. The van der Waals surface area contributed by atoms with Gasteiger partial charge in [-0.25, -0.2) is 13.8 Å². The third kappa shape index (κ3) is 3.55. The van der Waals surface area contributed by atoms with Gasteiger partial charge in [0.15, 0.2) is 0 Å². The van der Waals surface area contributed by atoms with Crippen LogP contribution in [-0.4, -0.2) is 18.7 Å². The van der Waals surface area contributed by atoms with Gasteiger partial charge in [0.25, 0.3) is 11.1 Å². The summed E-state index contributed by atoms with van der Waals surface area (Å²) < 4.78 is 22.0. The lowest BCUT2D eigenvalue weighted by atomic mass is 9.85. The number of benzene rings is 3. The standard InChI is InChI=1S/C29H27FN4O2/c1-19-25(28(35)33(31(19)3)21-13-7-5-8-14-21)27(23-17-11-12-18-24(23)30)26-20(2)32(4)34(29(26)36)22-15-9-6-10-16-22/h5-18,27H,1-4H3. The Hall–Kier alpha value is -4.39. The summed E-state index contributed by atoms with van der Waals surface area (Å²) in [4.78, 5) is 28.0. The molecule has 0 radical (unpaired) electrons. The molecule has 0 N–H and O–H groups in total. The molecular formula is C29H27FN4O2. The maximum Gasteiger partial charge on any atom is 0.275 e. The van der Waals surface area contributed by atoms with Crippen LogP contribution in [0.5, 0.6) is 0 Å². The summed E-state index contributed by atoms with van der Waals surface area (Å²) >= 11 is 0. The van der Waals surface area contributed by atoms with Crippen LogP contribution in [0.25, 0.3) is 11.4 Å². The number of nitrogens with zero attached hydrogens (tertiary/aromatic N) is 4. The summed E-state index contributed by atoms with van der Waals surface area (Å²) in [7, 11) is 3.59. The van der Waals surface area contributed by atoms with Crippen molar-refractivity contribution in [2.75, 3.05) is 0 Å². The summed E-state index contributed by atoms with van der Waals surface area (Å²) in [5.74, 6) is -1.36. The van der Waals surface area contributed by atoms with Gasteiger partial charge in [-0.1, -0.05) is 54.6 Å². The molecule has 0 saturated carbocycles. The molecule has 0 aliphatic rings. The van der Waals surface area contributed by atoms with Crippen molar-refractivity contribution in [2.45, 2.75) is 19.8 Å². The van der Waals surface area contributed by atoms with Gasteiger partial charge in [0.2, 0.25) is 0 Å². The first-order valence-corrected chi connectivity index (χ1v) is 11.7. The maximum absolute atomic E-state index is 15.4. The molecule has 0 spiro atoms. The first-order valence-electron chi connectivity index (χ1n) is 11.7. The van der Waals surface area contributed by atoms with E-state index in [1.807, 2.05) is 74.5 Å². The number of rotatable bonds is 5. The topological polar surface area (TPSA) is 53.9 Å². The van der Waals surface area contributed by atoms with Crippen molar-refractivity contribution < 1.29 is 4.39 Å². The Morgan fingerprint density at radius 3 is 1.42 bits per heavy atom. The summed E-state index contributed by atoms with van der Waals surface area (Å²) in [5.41, 5.74) is 3.16. The molecule has 0 fully saturated rings. The molecule has 0 atom stereocenters. The minimum Gasteiger partial charge on any atom is -0.285 e. The molecule has 0 aliphatic carbocycles. The molecule has 0 unspecified atom stereocenters. The van der Waals surface area contributed by atoms with Crippen LogP contribution in [-0.2, 0) is 14.1 Å². The first-order chi connectivity index (χ1) is 17.3. The van der Waals surface area contributed by atoms with Crippen molar-refractivity contribution in [3.63, 3.8) is 0 Å². The second-order valence-electron chi connectivity index (χ2n) is 8.90. The highest BCUT2D eigenvalue weighted by Crippen LogP contribution is 2.34. The highest BCUT2D eigenvalue weighted by Gasteiger charge is 2.34. The van der Waals surface area contributed by atoms with E-state index in [1.54, 1.807) is 51.0 Å². The molecule has 0 aliphatic heterocycles. The Labute approximate surface area is 208 Å². The van der Waals surface area contributed by atoms with E-state index in [0.29, 0.717) is 33.9 Å². The predicted molar refractivity (Wildman–Crippen MR) is 139 cm³/mol. The van der Waals surface area contributed by atoms with Gasteiger partial charge in [0.05, 0.1) is 28.4 Å². The van der Waals surface area contributed by atoms with Crippen LogP contribution in [0.15, 0.2) is 94.5 Å². The van der Waals surface area contributed by atoms with E-state index in [-0.39, 0.29) is 16.7 Å². The molecule has 0 bridgehead atoms. The second kappa shape index (κ2) is 9.00. The Balaban J connectivity index is 1.86. The monoisotopic (exact) mass is 482 g/mol. The smallest absolute Gasteiger partial charge is 0.275 e. The lowest BCUT2D eigenvalue weighted by Crippen LogP contribution is -2.26. The fourth-order valence-corrected chi connectivity index (χ4v) is 5.01. The van der Waals surface area contributed by atoms with Crippen molar-refractivity contribution in [2.24, 2.45) is 14.1 Å². The minimum atomic E-state index is -0.890. The lowest BCUT2D eigenvalue weighted by Gasteiger charge is -2.17. The largest absolute Gasteiger partial charge is 0.285 e. The van der Waals surface area contributed by atoms with Gasteiger partial charge in [-0.3, -0.25) is 19.0 Å². The Morgan fingerprint density at radius 2 is 1.00 bits per heavy atom. The summed E-state index contributed by atoms with van der Waals surface area (Å²) in [6.07, 6.45) is 0. The van der Waals surface area contributed by atoms with Gasteiger partial charge in [0.1, 0.15) is 5.82 Å². The average molecular weight is 483 g/mol. The van der Waals surface area contributed by atoms with Gasteiger partial charge < -0.3 is 0 Å². The lowest BCUT2D eigenvalue weighted by molar-refractivity contribution is 0.605. The molecule has 182 valence electrons. The maximum atomic E-state index is 15.4. The van der Waals surface area contributed by atoms with E-state index in [2.05, 4.69) is 0 Å². The predicted octanol–water partition coefficient (Wildman–Crippen LogP) is 4.60. The number of hydrogen-bond donors (Lipinski definition) is 0. The Bertz CT molecular complexity index is 1570. The zero-order valence-corrected chi connectivity index (χ0v) is 20.6. The van der Waals surface area contributed by atoms with Crippen LogP contribution in [0.3, 0.4) is 0 Å². The van der Waals surface area contributed by atoms with E-state index in [0.717, 1.165) is 0 Å². The van der Waals surface area contributed by atoms with E-state index in [1.165, 1.54) is 6.07 Å². The molecule has 36 heavy (non-hydrogen) atoms. The quantitative estimate of drug-likeness (QED) is 0.368. The molecular weight excluding hydrogens is 455 g/mol. The van der Waals surface area contributed by atoms with Crippen molar-refractivity contribution in [3.8, 4) is 11.4 Å². The molecule has 0 saturated heterocycles. The molecule has 2 heterocycles. The number of halogens is 1. The van der Waals surface area contributed by atoms with Gasteiger partial charge in [-0.2, -0.15) is 0 Å². The highest BCUT2D eigenvalue weighted by molar-refractivity contribution is 5.48. The second-order valence-corrected chi connectivity index (χ2v) is 8.90. The van der Waals surface area contributed by atoms with Crippen molar-refractivity contribution in [3.05, 3.63) is 140 Å². The third-order valence-electron chi connectivity index (χ3n) is 6.99. The Morgan fingerprint density at radius 1 is 0.611 bits per heavy atom. The SMILES string of the molecule is Cc1c(C(c2ccccc2F)c2c(C)n(C)n(-c3ccccc3)c2=O)c(=O)n(-c2ccccc2)n1C. The molecule has 5 rings (SSSR count). The molecule has 6 nitrogen and oxygen atoms in total. The molecule has 7 heteroatoms. The summed E-state index contributed by atoms with van der Waals surface area (Å²) in [5, 5.41) is 0. The van der Waals surface area contributed by atoms with Gasteiger partial charge in [0, 0.05) is 31.0 Å². The van der Waals surface area contributed by atoms with Crippen LogP contribution < -0.4 is 11.1 Å². The minimum absolute atomic E-state index is 0.287. The van der Waals surface area contributed by atoms with Crippen LogP contribution >= 0.6 is 0 Å². The van der Waals surface area contributed by atoms with E-state index in [9.17, 15) is 9.59 Å². The van der Waals surface area contributed by atoms with Gasteiger partial charge in [-0.05, 0) is 44.2 Å². The number of para-hydroxylation sites is 2. The number of hydrogen-bond acceptors (Lipinski definition) is 2. The van der Waals surface area contributed by atoms with Crippen molar-refractivity contribution in [1.29, 1.82) is 0 Å². The van der Waals surface area contributed by atoms with Gasteiger partial charge in [-0.15, -0.1) is 0 Å².